The standard InChI is InChI=1S/C27H57NO/c1-3-4-5-6-7-8-9-10-11-12-13-16-19-22-25-28-26-23-20-17-14-15-18-21-24-27(2)29/h27-29H,3-26H2,1-2H3. The van der Waals surface area contributed by atoms with E-state index >= 15 is 0 Å². The van der Waals surface area contributed by atoms with E-state index in [0.29, 0.717) is 0 Å². The molecule has 0 aromatic rings. The third-order valence-electron chi connectivity index (χ3n) is 6.18. The van der Waals surface area contributed by atoms with Crippen molar-refractivity contribution >= 4 is 0 Å². The average molecular weight is 412 g/mol. The van der Waals surface area contributed by atoms with Gasteiger partial charge < -0.3 is 10.4 Å². The SMILES string of the molecule is CCCCCCCCCCCCCCCCNCCCCCCCCCC(C)O. The first-order valence-corrected chi connectivity index (χ1v) is 13.7. The second kappa shape index (κ2) is 26.0. The van der Waals surface area contributed by atoms with Gasteiger partial charge in [-0.2, -0.15) is 0 Å². The molecule has 0 saturated carbocycles. The van der Waals surface area contributed by atoms with Crippen molar-refractivity contribution in [3.8, 4) is 0 Å². The molecule has 2 N–H and O–H groups in total. The van der Waals surface area contributed by atoms with E-state index in [4.69, 9.17) is 0 Å². The van der Waals surface area contributed by atoms with Gasteiger partial charge in [0.15, 0.2) is 0 Å². The fourth-order valence-corrected chi connectivity index (χ4v) is 4.14. The van der Waals surface area contributed by atoms with Crippen LogP contribution in [-0.2, 0) is 0 Å². The molecule has 0 radical (unpaired) electrons. The molecule has 0 rings (SSSR count). The molecule has 0 aromatic carbocycles. The molecule has 176 valence electrons. The number of aliphatic hydroxyl groups excluding tert-OH is 1. The first-order chi connectivity index (χ1) is 14.3. The van der Waals surface area contributed by atoms with E-state index in [1.54, 1.807) is 0 Å². The number of hydrogen-bond donors (Lipinski definition) is 2. The van der Waals surface area contributed by atoms with Gasteiger partial charge in [0.25, 0.3) is 0 Å². The predicted octanol–water partition coefficient (Wildman–Crippen LogP) is 8.56. The summed E-state index contributed by atoms with van der Waals surface area (Å²) in [6, 6.07) is 0. The van der Waals surface area contributed by atoms with Gasteiger partial charge in [-0.3, -0.25) is 0 Å². The van der Waals surface area contributed by atoms with Crippen molar-refractivity contribution in [2.75, 3.05) is 13.1 Å². The van der Waals surface area contributed by atoms with Crippen molar-refractivity contribution in [2.45, 2.75) is 161 Å². The van der Waals surface area contributed by atoms with E-state index in [1.807, 2.05) is 6.92 Å². The Hall–Kier alpha value is -0.0800. The van der Waals surface area contributed by atoms with Gasteiger partial charge in [-0.25, -0.2) is 0 Å². The lowest BCUT2D eigenvalue weighted by Crippen LogP contribution is -2.16. The van der Waals surface area contributed by atoms with Gasteiger partial charge in [0.1, 0.15) is 0 Å². The smallest absolute Gasteiger partial charge is 0.0512 e. The molecule has 0 aromatic heterocycles. The summed E-state index contributed by atoms with van der Waals surface area (Å²) >= 11 is 0. The summed E-state index contributed by atoms with van der Waals surface area (Å²) in [5.74, 6) is 0. The highest BCUT2D eigenvalue weighted by Crippen LogP contribution is 2.13. The van der Waals surface area contributed by atoms with Crippen LogP contribution in [0.15, 0.2) is 0 Å². The molecule has 2 heteroatoms. The number of hydrogen-bond acceptors (Lipinski definition) is 2. The monoisotopic (exact) mass is 411 g/mol. The van der Waals surface area contributed by atoms with Crippen molar-refractivity contribution in [2.24, 2.45) is 0 Å². The van der Waals surface area contributed by atoms with Crippen molar-refractivity contribution in [3.05, 3.63) is 0 Å². The predicted molar refractivity (Wildman–Crippen MR) is 132 cm³/mol. The molecule has 1 atom stereocenters. The summed E-state index contributed by atoms with van der Waals surface area (Å²) < 4.78 is 0. The Labute approximate surface area is 185 Å². The van der Waals surface area contributed by atoms with Gasteiger partial charge in [-0.05, 0) is 39.3 Å². The molecule has 0 aliphatic heterocycles. The first-order valence-electron chi connectivity index (χ1n) is 13.7. The quantitative estimate of drug-likeness (QED) is 0.147. The lowest BCUT2D eigenvalue weighted by atomic mass is 10.0. The van der Waals surface area contributed by atoms with Crippen LogP contribution < -0.4 is 5.32 Å². The van der Waals surface area contributed by atoms with Gasteiger partial charge in [-0.15, -0.1) is 0 Å². The van der Waals surface area contributed by atoms with Gasteiger partial charge >= 0.3 is 0 Å². The molecular weight excluding hydrogens is 354 g/mol. The van der Waals surface area contributed by atoms with Crippen LogP contribution >= 0.6 is 0 Å². The summed E-state index contributed by atoms with van der Waals surface area (Å²) in [4.78, 5) is 0. The normalized spacial score (nSPS) is 12.5. The molecule has 0 spiro atoms. The average Bonchev–Trinajstić information content (AvgIpc) is 2.71. The second-order valence-corrected chi connectivity index (χ2v) is 9.46. The molecule has 0 amide bonds. The van der Waals surface area contributed by atoms with Crippen molar-refractivity contribution in [3.63, 3.8) is 0 Å². The minimum absolute atomic E-state index is 0.110. The second-order valence-electron chi connectivity index (χ2n) is 9.46. The van der Waals surface area contributed by atoms with Crippen LogP contribution in [0.5, 0.6) is 0 Å². The maximum Gasteiger partial charge on any atom is 0.0512 e. The van der Waals surface area contributed by atoms with Crippen LogP contribution in [-0.4, -0.2) is 24.3 Å². The Morgan fingerprint density at radius 1 is 0.483 bits per heavy atom. The third-order valence-corrected chi connectivity index (χ3v) is 6.18. The Balaban J connectivity index is 2.98. The molecule has 0 bridgehead atoms. The van der Waals surface area contributed by atoms with Gasteiger partial charge in [0, 0.05) is 0 Å². The van der Waals surface area contributed by atoms with Crippen LogP contribution in [0.25, 0.3) is 0 Å². The number of aliphatic hydroxyl groups is 1. The largest absolute Gasteiger partial charge is 0.393 e. The summed E-state index contributed by atoms with van der Waals surface area (Å²) in [6.45, 7) is 6.62. The fourth-order valence-electron chi connectivity index (χ4n) is 4.14. The fraction of sp³-hybridized carbons (Fsp3) is 1.00. The first kappa shape index (κ1) is 28.9. The lowest BCUT2D eigenvalue weighted by molar-refractivity contribution is 0.180. The Kier molecular flexibility index (Phi) is 25.9. The van der Waals surface area contributed by atoms with Gasteiger partial charge in [0.2, 0.25) is 0 Å². The minimum Gasteiger partial charge on any atom is -0.393 e. The van der Waals surface area contributed by atoms with Crippen LogP contribution in [0.4, 0.5) is 0 Å². The summed E-state index contributed by atoms with van der Waals surface area (Å²) in [7, 11) is 0. The van der Waals surface area contributed by atoms with Crippen LogP contribution in [0.3, 0.4) is 0 Å². The van der Waals surface area contributed by atoms with E-state index in [-0.39, 0.29) is 6.10 Å². The van der Waals surface area contributed by atoms with Crippen LogP contribution in [0.2, 0.25) is 0 Å². The maximum atomic E-state index is 9.22. The molecule has 0 saturated heterocycles. The molecule has 2 nitrogen and oxygen atoms in total. The van der Waals surface area contributed by atoms with E-state index < -0.39 is 0 Å². The topological polar surface area (TPSA) is 32.3 Å². The molecule has 0 aliphatic rings. The number of unbranched alkanes of at least 4 members (excludes halogenated alkanes) is 19. The minimum atomic E-state index is -0.110. The zero-order chi connectivity index (χ0) is 21.3. The highest BCUT2D eigenvalue weighted by atomic mass is 16.3. The van der Waals surface area contributed by atoms with E-state index in [2.05, 4.69) is 12.2 Å². The molecule has 0 aliphatic carbocycles. The maximum absolute atomic E-state index is 9.22. The Morgan fingerprint density at radius 2 is 0.793 bits per heavy atom. The van der Waals surface area contributed by atoms with E-state index in [0.717, 1.165) is 6.42 Å². The third kappa shape index (κ3) is 27.9. The summed E-state index contributed by atoms with van der Waals surface area (Å²) in [5, 5.41) is 12.8. The van der Waals surface area contributed by atoms with Crippen LogP contribution in [0.1, 0.15) is 155 Å². The summed E-state index contributed by atoms with van der Waals surface area (Å²) in [6.07, 6.45) is 30.4. The van der Waals surface area contributed by atoms with E-state index in [9.17, 15) is 5.11 Å². The highest BCUT2D eigenvalue weighted by Gasteiger charge is 1.97. The number of nitrogens with one attached hydrogen (secondary N) is 1. The highest BCUT2D eigenvalue weighted by molar-refractivity contribution is 4.54. The number of rotatable bonds is 25. The molecule has 0 heterocycles. The van der Waals surface area contributed by atoms with E-state index in [1.165, 1.54) is 148 Å². The van der Waals surface area contributed by atoms with Crippen molar-refractivity contribution in [1.82, 2.24) is 5.32 Å². The van der Waals surface area contributed by atoms with Crippen molar-refractivity contribution < 1.29 is 5.11 Å². The zero-order valence-corrected chi connectivity index (χ0v) is 20.5. The summed E-state index contributed by atoms with van der Waals surface area (Å²) in [5.41, 5.74) is 0. The lowest BCUT2D eigenvalue weighted by Gasteiger charge is -2.06. The van der Waals surface area contributed by atoms with Crippen molar-refractivity contribution in [1.29, 1.82) is 0 Å². The Morgan fingerprint density at radius 3 is 1.14 bits per heavy atom. The Bertz CT molecular complexity index is 280. The van der Waals surface area contributed by atoms with Gasteiger partial charge in [-0.1, -0.05) is 129 Å². The van der Waals surface area contributed by atoms with Crippen LogP contribution in [0, 0.1) is 0 Å². The van der Waals surface area contributed by atoms with Gasteiger partial charge in [0.05, 0.1) is 6.10 Å². The molecule has 1 unspecified atom stereocenters. The molecular formula is C27H57NO. The molecule has 29 heavy (non-hydrogen) atoms. The zero-order valence-electron chi connectivity index (χ0n) is 20.5. The molecule has 0 fully saturated rings.